The van der Waals surface area contributed by atoms with Crippen molar-refractivity contribution in [3.05, 3.63) is 24.3 Å². The second kappa shape index (κ2) is 19.5. The molecule has 0 aromatic rings. The first-order valence-corrected chi connectivity index (χ1v) is 17.0. The van der Waals surface area contributed by atoms with E-state index >= 15 is 0 Å². The first kappa shape index (κ1) is 33.1. The topological polar surface area (TPSA) is 75.6 Å². The van der Waals surface area contributed by atoms with E-state index in [0.717, 1.165) is 110 Å². The molecule has 8 atom stereocenters. The summed E-state index contributed by atoms with van der Waals surface area (Å²) >= 11 is 0. The van der Waals surface area contributed by atoms with Crippen LogP contribution < -0.4 is 0 Å². The minimum Gasteiger partial charge on any atom is -0.396 e. The number of aliphatic hydroxyl groups is 1. The second-order valence-electron chi connectivity index (χ2n) is 12.3. The third-order valence-electron chi connectivity index (χ3n) is 9.00. The number of unbranched alkanes of at least 4 members (excludes halogenated alkanes) is 3. The molecule has 4 fully saturated rings. The molecule has 3 heterocycles. The van der Waals surface area contributed by atoms with Gasteiger partial charge in [0.25, 0.3) is 0 Å². The van der Waals surface area contributed by atoms with Crippen LogP contribution in [0, 0.1) is 11.8 Å². The molecule has 1 N–H and O–H groups in total. The Morgan fingerprint density at radius 2 is 1.44 bits per heavy atom. The van der Waals surface area contributed by atoms with Gasteiger partial charge in [-0.1, -0.05) is 50.5 Å². The molecule has 0 radical (unpaired) electrons. The zero-order valence-corrected chi connectivity index (χ0v) is 25.7. The molecule has 0 aromatic carbocycles. The smallest absolute Gasteiger partial charge is 0.158 e. The monoisotopic (exact) mass is 578 g/mol. The van der Waals surface area contributed by atoms with Crippen LogP contribution in [0.2, 0.25) is 0 Å². The van der Waals surface area contributed by atoms with E-state index in [-0.39, 0.29) is 55.6 Å². The zero-order chi connectivity index (χ0) is 28.5. The van der Waals surface area contributed by atoms with Gasteiger partial charge in [-0.25, -0.2) is 0 Å². The van der Waals surface area contributed by atoms with E-state index in [4.69, 9.17) is 28.4 Å². The highest BCUT2D eigenvalue weighted by Gasteiger charge is 2.45. The summed E-state index contributed by atoms with van der Waals surface area (Å²) in [6.07, 6.45) is 26.7. The summed E-state index contributed by atoms with van der Waals surface area (Å²) in [6.45, 7) is 4.83. The van der Waals surface area contributed by atoms with Crippen molar-refractivity contribution in [1.82, 2.24) is 0 Å². The van der Waals surface area contributed by atoms with Crippen LogP contribution in [0.15, 0.2) is 24.3 Å². The minimum absolute atomic E-state index is 0.0287. The lowest BCUT2D eigenvalue weighted by Gasteiger charge is -2.30. The Kier molecular flexibility index (Phi) is 15.7. The van der Waals surface area contributed by atoms with Crippen molar-refractivity contribution in [1.29, 1.82) is 0 Å². The van der Waals surface area contributed by atoms with Crippen LogP contribution in [-0.4, -0.2) is 68.7 Å². The third kappa shape index (κ3) is 11.7. The number of ether oxygens (including phenoxy) is 6. The highest BCUT2D eigenvalue weighted by atomic mass is 16.7. The van der Waals surface area contributed by atoms with E-state index in [1.54, 1.807) is 0 Å². The van der Waals surface area contributed by atoms with Gasteiger partial charge in [-0.15, -0.1) is 0 Å². The molecular formula is C34H58O7. The molecule has 0 bridgehead atoms. The fraction of sp³-hybridized carbons (Fsp3) is 0.882. The summed E-state index contributed by atoms with van der Waals surface area (Å²) in [6, 6.07) is 0. The molecule has 0 spiro atoms. The number of hydrogen-bond donors (Lipinski definition) is 1. The predicted molar refractivity (Wildman–Crippen MR) is 160 cm³/mol. The van der Waals surface area contributed by atoms with Gasteiger partial charge in [0.2, 0.25) is 0 Å². The average Bonchev–Trinajstić information content (AvgIpc) is 3.32. The Hall–Kier alpha value is -0.800. The highest BCUT2D eigenvalue weighted by molar-refractivity contribution is 5.07. The summed E-state index contributed by atoms with van der Waals surface area (Å²) < 4.78 is 38.0. The fourth-order valence-corrected chi connectivity index (χ4v) is 6.64. The van der Waals surface area contributed by atoms with Gasteiger partial charge < -0.3 is 33.5 Å². The first-order valence-electron chi connectivity index (χ1n) is 17.0. The van der Waals surface area contributed by atoms with Crippen molar-refractivity contribution in [3.8, 4) is 0 Å². The normalized spacial score (nSPS) is 34.0. The van der Waals surface area contributed by atoms with Gasteiger partial charge in [0, 0.05) is 38.8 Å². The lowest BCUT2D eigenvalue weighted by Crippen LogP contribution is -2.31. The zero-order valence-electron chi connectivity index (χ0n) is 25.7. The molecule has 3 aliphatic heterocycles. The molecule has 41 heavy (non-hydrogen) atoms. The Balaban J connectivity index is 1.51. The van der Waals surface area contributed by atoms with Gasteiger partial charge in [-0.2, -0.15) is 0 Å². The maximum absolute atomic E-state index is 9.22. The molecular weight excluding hydrogens is 520 g/mol. The van der Waals surface area contributed by atoms with Crippen molar-refractivity contribution in [2.75, 3.05) is 26.4 Å². The summed E-state index contributed by atoms with van der Waals surface area (Å²) in [7, 11) is 0. The molecule has 1 aliphatic carbocycles. The number of rotatable bonds is 17. The van der Waals surface area contributed by atoms with Crippen LogP contribution in [0.1, 0.15) is 116 Å². The SMILES string of the molecule is CCCCCC(/C=C/[C@@H]1[C@@H](C/C=C\CCCO)[C@@H](OC2CCCCO2)C[C@H]1OC1CCCCO1)O[C@H]1CCCCO1. The fourth-order valence-electron chi connectivity index (χ4n) is 6.64. The van der Waals surface area contributed by atoms with Gasteiger partial charge >= 0.3 is 0 Å². The van der Waals surface area contributed by atoms with Crippen molar-refractivity contribution in [3.63, 3.8) is 0 Å². The van der Waals surface area contributed by atoms with Crippen LogP contribution in [0.4, 0.5) is 0 Å². The van der Waals surface area contributed by atoms with Crippen LogP contribution in [0.3, 0.4) is 0 Å². The first-order chi connectivity index (χ1) is 20.3. The Bertz CT molecular complexity index is 725. The van der Waals surface area contributed by atoms with Crippen LogP contribution in [0.25, 0.3) is 0 Å². The third-order valence-corrected chi connectivity index (χ3v) is 9.00. The molecule has 3 saturated heterocycles. The second-order valence-corrected chi connectivity index (χ2v) is 12.3. The van der Waals surface area contributed by atoms with Crippen molar-refractivity contribution in [2.45, 2.75) is 153 Å². The molecule has 0 amide bonds. The van der Waals surface area contributed by atoms with Gasteiger partial charge in [-0.3, -0.25) is 0 Å². The van der Waals surface area contributed by atoms with Gasteiger partial charge in [0.05, 0.1) is 18.3 Å². The van der Waals surface area contributed by atoms with Crippen molar-refractivity contribution >= 4 is 0 Å². The Morgan fingerprint density at radius 3 is 2.05 bits per heavy atom. The van der Waals surface area contributed by atoms with Gasteiger partial charge in [-0.05, 0) is 89.4 Å². The number of aliphatic hydroxyl groups excluding tert-OH is 1. The summed E-state index contributed by atoms with van der Waals surface area (Å²) in [5.41, 5.74) is 0. The summed E-state index contributed by atoms with van der Waals surface area (Å²) in [5, 5.41) is 9.22. The van der Waals surface area contributed by atoms with E-state index in [9.17, 15) is 5.11 Å². The lowest BCUT2D eigenvalue weighted by molar-refractivity contribution is -0.203. The number of allylic oxidation sites excluding steroid dienone is 2. The van der Waals surface area contributed by atoms with E-state index in [1.165, 1.54) is 19.3 Å². The maximum atomic E-state index is 9.22. The standard InChI is InChI=1S/C34H58O7/c1-2-3-6-15-27(39-32-17-8-12-23-36-32)20-21-29-28(16-7-4-5-11-22-35)30(40-33-18-9-13-24-37-33)26-31(29)41-34-19-10-14-25-38-34/h4,7,20-21,27-35H,2-3,5-6,8-19,22-26H2,1H3/b7-4-,21-20+/t27?,28-,29-,30+,31-,32+,33?,34?/m1/s1. The Labute approximate surface area is 249 Å². The number of hydrogen-bond acceptors (Lipinski definition) is 7. The van der Waals surface area contributed by atoms with Gasteiger partial charge in [0.1, 0.15) is 0 Å². The van der Waals surface area contributed by atoms with Crippen LogP contribution in [-0.2, 0) is 28.4 Å². The molecule has 0 aromatic heterocycles. The molecule has 4 aliphatic rings. The van der Waals surface area contributed by atoms with Crippen molar-refractivity contribution in [2.24, 2.45) is 11.8 Å². The van der Waals surface area contributed by atoms with E-state index in [1.807, 2.05) is 0 Å². The molecule has 3 unspecified atom stereocenters. The van der Waals surface area contributed by atoms with E-state index in [0.29, 0.717) is 0 Å². The Morgan fingerprint density at radius 1 is 0.780 bits per heavy atom. The largest absolute Gasteiger partial charge is 0.396 e. The molecule has 7 nitrogen and oxygen atoms in total. The van der Waals surface area contributed by atoms with Crippen molar-refractivity contribution < 1.29 is 33.5 Å². The molecule has 236 valence electrons. The van der Waals surface area contributed by atoms with Crippen LogP contribution >= 0.6 is 0 Å². The average molecular weight is 579 g/mol. The highest BCUT2D eigenvalue weighted by Crippen LogP contribution is 2.42. The lowest BCUT2D eigenvalue weighted by atomic mass is 9.89. The summed E-state index contributed by atoms with van der Waals surface area (Å²) in [4.78, 5) is 0. The maximum Gasteiger partial charge on any atom is 0.158 e. The van der Waals surface area contributed by atoms with Crippen LogP contribution in [0.5, 0.6) is 0 Å². The predicted octanol–water partition coefficient (Wildman–Crippen LogP) is 7.21. The quantitative estimate of drug-likeness (QED) is 0.144. The molecule has 4 rings (SSSR count). The van der Waals surface area contributed by atoms with E-state index in [2.05, 4.69) is 31.2 Å². The van der Waals surface area contributed by atoms with E-state index < -0.39 is 0 Å². The molecule has 7 heteroatoms. The van der Waals surface area contributed by atoms with Gasteiger partial charge in [0.15, 0.2) is 18.9 Å². The summed E-state index contributed by atoms with van der Waals surface area (Å²) in [5.74, 6) is 0.471. The minimum atomic E-state index is -0.137. The molecule has 1 saturated carbocycles.